The van der Waals surface area contributed by atoms with Crippen molar-refractivity contribution in [3.8, 4) is 16.9 Å². The standard InChI is InChI=1S/C30H32F3N3O5/c1-16-23(25(27(37)38)41-29(3,4)5)24(19-8-13-22-18(15-19)7-6-14-40-22)17(2)34-26(16)36-28(39)35-21-11-9-20(10-12-21)30(31,32)33/h8-13,15,25H,6-7,14H2,1-5H3,(H,37,38)(H2,34,35,36,39). The van der Waals surface area contributed by atoms with Crippen LogP contribution in [-0.4, -0.2) is 34.3 Å². The summed E-state index contributed by atoms with van der Waals surface area (Å²) >= 11 is 0. The molecule has 4 rings (SSSR count). The number of carboxylic acids is 1. The number of halogens is 3. The molecular weight excluding hydrogens is 539 g/mol. The average Bonchev–Trinajstić information content (AvgIpc) is 2.88. The van der Waals surface area contributed by atoms with Crippen molar-refractivity contribution < 1.29 is 37.3 Å². The van der Waals surface area contributed by atoms with Gasteiger partial charge in [-0.05, 0) is 101 Å². The first kappa shape index (κ1) is 29.9. The minimum atomic E-state index is -4.50. The molecule has 0 fully saturated rings. The van der Waals surface area contributed by atoms with E-state index in [2.05, 4.69) is 15.6 Å². The van der Waals surface area contributed by atoms with Gasteiger partial charge in [-0.3, -0.25) is 5.32 Å². The molecule has 0 bridgehead atoms. The molecule has 2 amide bonds. The molecule has 0 saturated carbocycles. The summed E-state index contributed by atoms with van der Waals surface area (Å²) in [7, 11) is 0. The summed E-state index contributed by atoms with van der Waals surface area (Å²) in [6.45, 7) is 9.23. The van der Waals surface area contributed by atoms with Crippen LogP contribution in [0.25, 0.3) is 11.1 Å². The lowest BCUT2D eigenvalue weighted by Gasteiger charge is -2.29. The van der Waals surface area contributed by atoms with Gasteiger partial charge in [0, 0.05) is 22.5 Å². The molecule has 218 valence electrons. The number of carboxylic acid groups (broad SMARTS) is 1. The lowest BCUT2D eigenvalue weighted by atomic mass is 9.89. The maximum atomic E-state index is 12.9. The molecule has 0 spiro atoms. The van der Waals surface area contributed by atoms with Crippen molar-refractivity contribution in [2.45, 2.75) is 65.3 Å². The number of aromatic nitrogens is 1. The predicted molar refractivity (Wildman–Crippen MR) is 148 cm³/mol. The average molecular weight is 572 g/mol. The van der Waals surface area contributed by atoms with Crippen LogP contribution in [-0.2, 0) is 22.1 Å². The van der Waals surface area contributed by atoms with Crippen molar-refractivity contribution in [1.29, 1.82) is 0 Å². The van der Waals surface area contributed by atoms with Gasteiger partial charge >= 0.3 is 18.2 Å². The number of carbonyl (C=O) groups excluding carboxylic acids is 1. The van der Waals surface area contributed by atoms with Gasteiger partial charge in [-0.15, -0.1) is 0 Å². The Morgan fingerprint density at radius 3 is 2.34 bits per heavy atom. The highest BCUT2D eigenvalue weighted by molar-refractivity contribution is 6.00. The first-order valence-electron chi connectivity index (χ1n) is 13.1. The number of ether oxygens (including phenoxy) is 2. The van der Waals surface area contributed by atoms with Crippen molar-refractivity contribution in [1.82, 2.24) is 4.98 Å². The summed E-state index contributed by atoms with van der Waals surface area (Å²) in [5.41, 5.74) is 1.94. The maximum absolute atomic E-state index is 12.9. The number of hydrogen-bond acceptors (Lipinski definition) is 5. The smallest absolute Gasteiger partial charge is 0.416 e. The largest absolute Gasteiger partial charge is 0.493 e. The molecule has 3 N–H and O–H groups in total. The van der Waals surface area contributed by atoms with Crippen LogP contribution >= 0.6 is 0 Å². The highest BCUT2D eigenvalue weighted by atomic mass is 19.4. The highest BCUT2D eigenvalue weighted by Crippen LogP contribution is 2.41. The molecule has 1 atom stereocenters. The van der Waals surface area contributed by atoms with E-state index in [1.54, 1.807) is 34.6 Å². The number of pyridine rings is 1. The van der Waals surface area contributed by atoms with E-state index in [1.807, 2.05) is 18.2 Å². The Labute approximate surface area is 235 Å². The van der Waals surface area contributed by atoms with Crippen LogP contribution < -0.4 is 15.4 Å². The molecule has 2 heterocycles. The molecule has 1 unspecified atom stereocenters. The molecule has 41 heavy (non-hydrogen) atoms. The molecular formula is C30H32F3N3O5. The number of urea groups is 1. The second-order valence-electron chi connectivity index (χ2n) is 10.8. The Bertz CT molecular complexity index is 1460. The number of carbonyl (C=O) groups is 2. The van der Waals surface area contributed by atoms with Gasteiger partial charge < -0.3 is 19.9 Å². The number of hydrogen-bond donors (Lipinski definition) is 3. The Morgan fingerprint density at radius 2 is 1.73 bits per heavy atom. The Hall–Kier alpha value is -4.12. The van der Waals surface area contributed by atoms with E-state index in [0.29, 0.717) is 29.0 Å². The van der Waals surface area contributed by atoms with Crippen molar-refractivity contribution in [3.05, 3.63) is 70.4 Å². The van der Waals surface area contributed by atoms with Gasteiger partial charge in [0.25, 0.3) is 0 Å². The molecule has 1 aliphatic heterocycles. The van der Waals surface area contributed by atoms with Gasteiger partial charge in [0.05, 0.1) is 17.8 Å². The Morgan fingerprint density at radius 1 is 1.05 bits per heavy atom. The van der Waals surface area contributed by atoms with E-state index in [0.717, 1.165) is 54.0 Å². The zero-order valence-electron chi connectivity index (χ0n) is 23.4. The van der Waals surface area contributed by atoms with E-state index in [4.69, 9.17) is 9.47 Å². The Kier molecular flexibility index (Phi) is 8.30. The SMILES string of the molecule is Cc1nc(NC(=O)Nc2ccc(C(F)(F)F)cc2)c(C)c(C(OC(C)(C)C)C(=O)O)c1-c1ccc2c(c1)CCCO2. The number of amides is 2. The van der Waals surface area contributed by atoms with Crippen LogP contribution in [0.4, 0.5) is 29.5 Å². The summed E-state index contributed by atoms with van der Waals surface area (Å²) in [6.07, 6.45) is -4.22. The predicted octanol–water partition coefficient (Wildman–Crippen LogP) is 7.29. The van der Waals surface area contributed by atoms with Crippen LogP contribution in [0, 0.1) is 13.8 Å². The van der Waals surface area contributed by atoms with E-state index in [1.165, 1.54) is 0 Å². The fraction of sp³-hybridized carbons (Fsp3) is 0.367. The number of aliphatic carboxylic acids is 1. The molecule has 0 radical (unpaired) electrons. The maximum Gasteiger partial charge on any atom is 0.416 e. The first-order chi connectivity index (χ1) is 19.1. The van der Waals surface area contributed by atoms with E-state index in [-0.39, 0.29) is 11.5 Å². The molecule has 8 nitrogen and oxygen atoms in total. The molecule has 3 aromatic rings. The molecule has 0 saturated heterocycles. The number of alkyl halides is 3. The Balaban J connectivity index is 1.76. The van der Waals surface area contributed by atoms with Gasteiger partial charge in [-0.1, -0.05) is 6.07 Å². The zero-order valence-corrected chi connectivity index (χ0v) is 23.4. The van der Waals surface area contributed by atoms with E-state index >= 15 is 0 Å². The lowest BCUT2D eigenvalue weighted by Crippen LogP contribution is -2.29. The van der Waals surface area contributed by atoms with Gasteiger partial charge in [0.2, 0.25) is 0 Å². The summed E-state index contributed by atoms with van der Waals surface area (Å²) < 4.78 is 50.4. The third-order valence-electron chi connectivity index (χ3n) is 6.53. The van der Waals surface area contributed by atoms with Gasteiger partial charge in [-0.2, -0.15) is 13.2 Å². The summed E-state index contributed by atoms with van der Waals surface area (Å²) in [5.74, 6) is -0.338. The molecule has 1 aliphatic rings. The van der Waals surface area contributed by atoms with Crippen LogP contribution in [0.2, 0.25) is 0 Å². The van der Waals surface area contributed by atoms with Gasteiger partial charge in [-0.25, -0.2) is 14.6 Å². The van der Waals surface area contributed by atoms with E-state index in [9.17, 15) is 27.9 Å². The number of rotatable bonds is 6. The molecule has 0 aliphatic carbocycles. The highest BCUT2D eigenvalue weighted by Gasteiger charge is 2.34. The van der Waals surface area contributed by atoms with Crippen molar-refractivity contribution in [2.24, 2.45) is 0 Å². The number of benzene rings is 2. The minimum Gasteiger partial charge on any atom is -0.493 e. The number of nitrogens with zero attached hydrogens (tertiary/aromatic N) is 1. The van der Waals surface area contributed by atoms with Crippen LogP contribution in [0.5, 0.6) is 5.75 Å². The molecule has 1 aromatic heterocycles. The summed E-state index contributed by atoms with van der Waals surface area (Å²) in [4.78, 5) is 30.0. The zero-order chi connectivity index (χ0) is 30.1. The number of nitrogens with one attached hydrogen (secondary N) is 2. The number of fused-ring (bicyclic) bond motifs is 1. The lowest BCUT2D eigenvalue weighted by molar-refractivity contribution is -0.160. The summed E-state index contributed by atoms with van der Waals surface area (Å²) in [5, 5.41) is 15.4. The van der Waals surface area contributed by atoms with Gasteiger partial charge in [0.15, 0.2) is 6.10 Å². The second-order valence-corrected chi connectivity index (χ2v) is 10.8. The third kappa shape index (κ3) is 6.97. The van der Waals surface area contributed by atoms with Crippen LogP contribution in [0.3, 0.4) is 0 Å². The fourth-order valence-electron chi connectivity index (χ4n) is 4.75. The minimum absolute atomic E-state index is 0.0933. The van der Waals surface area contributed by atoms with Crippen LogP contribution in [0.1, 0.15) is 61.2 Å². The molecule has 11 heteroatoms. The van der Waals surface area contributed by atoms with Crippen LogP contribution in [0.15, 0.2) is 42.5 Å². The fourth-order valence-corrected chi connectivity index (χ4v) is 4.75. The second kappa shape index (κ2) is 11.4. The molecule has 2 aromatic carbocycles. The normalized spacial score (nSPS) is 14.0. The first-order valence-corrected chi connectivity index (χ1v) is 13.1. The van der Waals surface area contributed by atoms with Gasteiger partial charge in [0.1, 0.15) is 11.6 Å². The number of aryl methyl sites for hydroxylation is 2. The van der Waals surface area contributed by atoms with E-state index < -0.39 is 35.4 Å². The third-order valence-corrected chi connectivity index (χ3v) is 6.53. The van der Waals surface area contributed by atoms with Crippen molar-refractivity contribution in [2.75, 3.05) is 17.2 Å². The number of anilines is 2. The topological polar surface area (TPSA) is 110 Å². The van der Waals surface area contributed by atoms with Crippen molar-refractivity contribution >= 4 is 23.5 Å². The quantitative estimate of drug-likeness (QED) is 0.287. The monoisotopic (exact) mass is 571 g/mol. The van der Waals surface area contributed by atoms with Crippen molar-refractivity contribution in [3.63, 3.8) is 0 Å². The summed E-state index contributed by atoms with van der Waals surface area (Å²) in [6, 6.07) is 8.90.